The molecule has 104 valence electrons. The number of hydrogen-bond donors (Lipinski definition) is 2. The summed E-state index contributed by atoms with van der Waals surface area (Å²) in [5.41, 5.74) is 3.47. The number of piperidine rings is 1. The molecule has 2 fully saturated rings. The Morgan fingerprint density at radius 1 is 1.42 bits per heavy atom. The molecule has 3 N–H and O–H groups in total. The first-order chi connectivity index (χ1) is 9.20. The Hall–Kier alpha value is -1.04. The van der Waals surface area contributed by atoms with Gasteiger partial charge < -0.3 is 4.90 Å². The van der Waals surface area contributed by atoms with E-state index in [9.17, 15) is 4.39 Å². The normalized spacial score (nSPS) is 32.5. The van der Waals surface area contributed by atoms with Crippen LogP contribution in [0.1, 0.15) is 37.3 Å². The van der Waals surface area contributed by atoms with E-state index < -0.39 is 0 Å². The summed E-state index contributed by atoms with van der Waals surface area (Å²) in [5, 5.41) is 0. The van der Waals surface area contributed by atoms with Gasteiger partial charge in [-0.05, 0) is 44.7 Å². The zero-order valence-corrected chi connectivity index (χ0v) is 11.2. The first-order valence-electron chi connectivity index (χ1n) is 6.98. The molecule has 3 unspecified atom stereocenters. The predicted octanol–water partition coefficient (Wildman–Crippen LogP) is 1.60. The van der Waals surface area contributed by atoms with Gasteiger partial charge in [0.25, 0.3) is 0 Å². The van der Waals surface area contributed by atoms with E-state index >= 15 is 0 Å². The molecule has 2 saturated heterocycles. The lowest BCUT2D eigenvalue weighted by Crippen LogP contribution is -2.45. The molecular weight excluding hydrogens is 243 g/mol. The van der Waals surface area contributed by atoms with Crippen LogP contribution in [0, 0.1) is 11.7 Å². The second-order valence-corrected chi connectivity index (χ2v) is 5.82. The highest BCUT2D eigenvalue weighted by atomic mass is 19.1. The lowest BCUT2D eigenvalue weighted by atomic mass is 9.82. The molecule has 1 aromatic rings. The van der Waals surface area contributed by atoms with E-state index in [1.807, 2.05) is 0 Å². The SMILES string of the molecule is CN1C2CCC1CC(C(NN)c1ccncc1F)C2. The summed E-state index contributed by atoms with van der Waals surface area (Å²) >= 11 is 0. The number of aromatic nitrogens is 1. The zero-order chi connectivity index (χ0) is 13.4. The molecule has 0 aromatic carbocycles. The first-order valence-corrected chi connectivity index (χ1v) is 6.98. The highest BCUT2D eigenvalue weighted by molar-refractivity contribution is 5.19. The number of rotatable bonds is 3. The van der Waals surface area contributed by atoms with Crippen LogP contribution in [0.5, 0.6) is 0 Å². The third kappa shape index (κ3) is 2.26. The molecule has 0 amide bonds. The highest BCUT2D eigenvalue weighted by Crippen LogP contribution is 2.42. The summed E-state index contributed by atoms with van der Waals surface area (Å²) in [6.07, 6.45) is 7.59. The van der Waals surface area contributed by atoms with Crippen LogP contribution >= 0.6 is 0 Å². The Balaban J connectivity index is 1.82. The van der Waals surface area contributed by atoms with Crippen LogP contribution in [-0.4, -0.2) is 29.0 Å². The number of nitrogens with one attached hydrogen (secondary N) is 1. The molecule has 2 aliphatic rings. The first kappa shape index (κ1) is 13.0. The van der Waals surface area contributed by atoms with E-state index in [0.717, 1.165) is 12.8 Å². The Morgan fingerprint density at radius 2 is 2.11 bits per heavy atom. The van der Waals surface area contributed by atoms with Gasteiger partial charge in [-0.15, -0.1) is 0 Å². The van der Waals surface area contributed by atoms with E-state index in [0.29, 0.717) is 23.6 Å². The fourth-order valence-corrected chi connectivity index (χ4v) is 3.84. The summed E-state index contributed by atoms with van der Waals surface area (Å²) in [5.74, 6) is 5.83. The number of hydrazine groups is 1. The average Bonchev–Trinajstić information content (AvgIpc) is 2.65. The second kappa shape index (κ2) is 5.15. The van der Waals surface area contributed by atoms with Crippen molar-refractivity contribution in [3.63, 3.8) is 0 Å². The molecule has 0 aliphatic carbocycles. The van der Waals surface area contributed by atoms with E-state index in [-0.39, 0.29) is 11.9 Å². The van der Waals surface area contributed by atoms with Crippen molar-refractivity contribution in [1.82, 2.24) is 15.3 Å². The Morgan fingerprint density at radius 3 is 2.68 bits per heavy atom. The standard InChI is InChI=1S/C14H21FN4/c1-19-10-2-3-11(19)7-9(6-10)14(18-16)12-4-5-17-8-13(12)15/h4-5,8-11,14,18H,2-3,6-7,16H2,1H3. The minimum atomic E-state index is -0.267. The van der Waals surface area contributed by atoms with Gasteiger partial charge in [0.1, 0.15) is 5.82 Å². The van der Waals surface area contributed by atoms with Crippen molar-refractivity contribution in [2.24, 2.45) is 11.8 Å². The largest absolute Gasteiger partial charge is 0.300 e. The molecule has 1 aromatic heterocycles. The molecule has 3 heterocycles. The number of fused-ring (bicyclic) bond motifs is 2. The van der Waals surface area contributed by atoms with Gasteiger partial charge >= 0.3 is 0 Å². The number of pyridine rings is 1. The molecule has 4 nitrogen and oxygen atoms in total. The molecule has 2 bridgehead atoms. The maximum absolute atomic E-state index is 13.9. The smallest absolute Gasteiger partial charge is 0.146 e. The molecule has 5 heteroatoms. The van der Waals surface area contributed by atoms with Gasteiger partial charge in [-0.25, -0.2) is 4.39 Å². The van der Waals surface area contributed by atoms with Crippen LogP contribution in [-0.2, 0) is 0 Å². The summed E-state index contributed by atoms with van der Waals surface area (Å²) in [6, 6.07) is 2.88. The summed E-state index contributed by atoms with van der Waals surface area (Å²) in [4.78, 5) is 6.29. The third-order valence-corrected chi connectivity index (χ3v) is 4.92. The number of nitrogens with two attached hydrogens (primary N) is 1. The van der Waals surface area contributed by atoms with Crippen molar-refractivity contribution in [3.8, 4) is 0 Å². The third-order valence-electron chi connectivity index (χ3n) is 4.92. The number of hydrogen-bond acceptors (Lipinski definition) is 4. The maximum Gasteiger partial charge on any atom is 0.146 e. The minimum absolute atomic E-state index is 0.111. The van der Waals surface area contributed by atoms with E-state index in [2.05, 4.69) is 22.4 Å². The Labute approximate surface area is 113 Å². The molecule has 0 spiro atoms. The maximum atomic E-state index is 13.9. The molecule has 0 saturated carbocycles. The molecule has 2 aliphatic heterocycles. The van der Waals surface area contributed by atoms with Gasteiger partial charge in [0.15, 0.2) is 0 Å². The van der Waals surface area contributed by atoms with E-state index in [1.54, 1.807) is 12.3 Å². The minimum Gasteiger partial charge on any atom is -0.300 e. The van der Waals surface area contributed by atoms with Crippen molar-refractivity contribution >= 4 is 0 Å². The van der Waals surface area contributed by atoms with Gasteiger partial charge in [0.2, 0.25) is 0 Å². The molecule has 3 atom stereocenters. The van der Waals surface area contributed by atoms with Crippen LogP contribution in [0.3, 0.4) is 0 Å². The second-order valence-electron chi connectivity index (χ2n) is 5.82. The average molecular weight is 264 g/mol. The van der Waals surface area contributed by atoms with Crippen LogP contribution in [0.15, 0.2) is 18.5 Å². The van der Waals surface area contributed by atoms with Gasteiger partial charge in [0.05, 0.1) is 12.2 Å². The lowest BCUT2D eigenvalue weighted by Gasteiger charge is -2.39. The topological polar surface area (TPSA) is 54.2 Å². The van der Waals surface area contributed by atoms with Crippen LogP contribution < -0.4 is 11.3 Å². The van der Waals surface area contributed by atoms with Crippen molar-refractivity contribution in [2.75, 3.05) is 7.05 Å². The van der Waals surface area contributed by atoms with Crippen molar-refractivity contribution < 1.29 is 4.39 Å². The summed E-state index contributed by atoms with van der Waals surface area (Å²) < 4.78 is 13.9. The van der Waals surface area contributed by atoms with Gasteiger partial charge in [-0.3, -0.25) is 16.3 Å². The molecular formula is C14H21FN4. The summed E-state index contributed by atoms with van der Waals surface area (Å²) in [7, 11) is 2.20. The van der Waals surface area contributed by atoms with Crippen molar-refractivity contribution in [1.29, 1.82) is 0 Å². The monoisotopic (exact) mass is 264 g/mol. The molecule has 0 radical (unpaired) electrons. The Bertz CT molecular complexity index is 439. The molecule has 3 rings (SSSR count). The van der Waals surface area contributed by atoms with Gasteiger partial charge in [-0.2, -0.15) is 0 Å². The highest BCUT2D eigenvalue weighted by Gasteiger charge is 2.41. The quantitative estimate of drug-likeness (QED) is 0.643. The lowest BCUT2D eigenvalue weighted by molar-refractivity contribution is 0.111. The van der Waals surface area contributed by atoms with Crippen molar-refractivity contribution in [2.45, 2.75) is 43.8 Å². The predicted molar refractivity (Wildman–Crippen MR) is 71.6 cm³/mol. The fourth-order valence-electron chi connectivity index (χ4n) is 3.84. The van der Waals surface area contributed by atoms with Crippen molar-refractivity contribution in [3.05, 3.63) is 29.8 Å². The number of nitrogens with zero attached hydrogens (tertiary/aromatic N) is 2. The van der Waals surface area contributed by atoms with Crippen LogP contribution in [0.2, 0.25) is 0 Å². The van der Waals surface area contributed by atoms with Crippen LogP contribution in [0.25, 0.3) is 0 Å². The molecule has 19 heavy (non-hydrogen) atoms. The van der Waals surface area contributed by atoms with Gasteiger partial charge in [0, 0.05) is 23.8 Å². The van der Waals surface area contributed by atoms with Crippen LogP contribution in [0.4, 0.5) is 4.39 Å². The van der Waals surface area contributed by atoms with Gasteiger partial charge in [-0.1, -0.05) is 0 Å². The van der Waals surface area contributed by atoms with E-state index in [1.165, 1.54) is 19.0 Å². The number of halogens is 1. The summed E-state index contributed by atoms with van der Waals surface area (Å²) in [6.45, 7) is 0. The van der Waals surface area contributed by atoms with E-state index in [4.69, 9.17) is 5.84 Å². The fraction of sp³-hybridized carbons (Fsp3) is 0.643. The zero-order valence-electron chi connectivity index (χ0n) is 11.2. The Kier molecular flexibility index (Phi) is 3.52.